The monoisotopic (exact) mass is 302 g/mol. The Bertz CT molecular complexity index is 823. The second kappa shape index (κ2) is 5.73. The highest BCUT2D eigenvalue weighted by molar-refractivity contribution is 5.70. The minimum Gasteiger partial charge on any atom is -0.347 e. The van der Waals surface area contributed by atoms with E-state index in [9.17, 15) is 5.26 Å². The topological polar surface area (TPSA) is 30.9 Å². The normalized spacial score (nSPS) is 17.9. The molecular weight excluding hydrogens is 282 g/mol. The number of pyridine rings is 1. The average Bonchev–Trinajstić information content (AvgIpc) is 2.77. The lowest BCUT2D eigenvalue weighted by molar-refractivity contribution is -0.577. The van der Waals surface area contributed by atoms with Crippen molar-refractivity contribution >= 4 is 11.4 Å². The maximum absolute atomic E-state index is 9.44. The zero-order valence-corrected chi connectivity index (χ0v) is 13.7. The maximum Gasteiger partial charge on any atom is 0.288 e. The molecule has 1 aromatic carbocycles. The van der Waals surface area contributed by atoms with Crippen LogP contribution in [0.5, 0.6) is 0 Å². The van der Waals surface area contributed by atoms with Gasteiger partial charge in [-0.25, -0.2) is 0 Å². The second-order valence-electron chi connectivity index (χ2n) is 6.20. The van der Waals surface area contributed by atoms with Crippen molar-refractivity contribution in [1.82, 2.24) is 0 Å². The highest BCUT2D eigenvalue weighted by atomic mass is 15.2. The van der Waals surface area contributed by atoms with Crippen LogP contribution in [0.1, 0.15) is 19.4 Å². The number of nitriles is 1. The van der Waals surface area contributed by atoms with E-state index in [1.807, 2.05) is 41.2 Å². The van der Waals surface area contributed by atoms with Gasteiger partial charge in [-0.3, -0.25) is 0 Å². The van der Waals surface area contributed by atoms with Gasteiger partial charge in [0.05, 0.1) is 0 Å². The zero-order chi connectivity index (χ0) is 16.4. The van der Waals surface area contributed by atoms with Crippen molar-refractivity contribution in [1.29, 1.82) is 5.26 Å². The predicted octanol–water partition coefficient (Wildman–Crippen LogP) is 3.65. The van der Waals surface area contributed by atoms with Crippen molar-refractivity contribution in [2.75, 3.05) is 11.9 Å². The first-order valence-corrected chi connectivity index (χ1v) is 7.68. The second-order valence-corrected chi connectivity index (χ2v) is 6.20. The molecule has 2 aromatic rings. The van der Waals surface area contributed by atoms with Gasteiger partial charge in [-0.2, -0.15) is 9.83 Å². The van der Waals surface area contributed by atoms with Crippen molar-refractivity contribution in [3.05, 3.63) is 78.3 Å². The zero-order valence-electron chi connectivity index (χ0n) is 13.7. The molecule has 3 nitrogen and oxygen atoms in total. The molecule has 0 unspecified atom stereocenters. The summed E-state index contributed by atoms with van der Waals surface area (Å²) in [6, 6.07) is 16.5. The molecule has 0 saturated carbocycles. The van der Waals surface area contributed by atoms with Crippen LogP contribution in [0.15, 0.2) is 72.7 Å². The summed E-state index contributed by atoms with van der Waals surface area (Å²) in [5, 5.41) is 9.44. The summed E-state index contributed by atoms with van der Waals surface area (Å²) in [4.78, 5) is 2.20. The van der Waals surface area contributed by atoms with Gasteiger partial charge in [0.2, 0.25) is 0 Å². The van der Waals surface area contributed by atoms with Gasteiger partial charge >= 0.3 is 0 Å². The number of hydrogen-bond acceptors (Lipinski definition) is 2. The number of benzene rings is 1. The number of fused-ring (bicyclic) bond motifs is 1. The predicted molar refractivity (Wildman–Crippen MR) is 92.5 cm³/mol. The lowest BCUT2D eigenvalue weighted by Gasteiger charge is -2.23. The summed E-state index contributed by atoms with van der Waals surface area (Å²) in [6.07, 6.45) is 7.70. The Labute approximate surface area is 137 Å². The molecule has 1 aromatic heterocycles. The summed E-state index contributed by atoms with van der Waals surface area (Å²) in [5.41, 5.74) is 4.24. The molecule has 0 bridgehead atoms. The molecule has 1 aliphatic rings. The molecule has 23 heavy (non-hydrogen) atoms. The Morgan fingerprint density at radius 3 is 2.48 bits per heavy atom. The number of likely N-dealkylation sites (N-methyl/N-ethyl adjacent to an activating group) is 1. The van der Waals surface area contributed by atoms with Crippen LogP contribution in [-0.2, 0) is 5.41 Å². The highest BCUT2D eigenvalue weighted by Crippen LogP contribution is 2.46. The van der Waals surface area contributed by atoms with Gasteiger partial charge in [-0.15, -0.1) is 0 Å². The van der Waals surface area contributed by atoms with Crippen molar-refractivity contribution < 1.29 is 4.57 Å². The fraction of sp³-hybridized carbons (Fsp3) is 0.200. The van der Waals surface area contributed by atoms with Gasteiger partial charge in [0, 0.05) is 42.1 Å². The van der Waals surface area contributed by atoms with E-state index in [1.54, 1.807) is 0 Å². The molecule has 0 spiro atoms. The third-order valence-electron chi connectivity index (χ3n) is 4.45. The fourth-order valence-corrected chi connectivity index (χ4v) is 3.20. The lowest BCUT2D eigenvalue weighted by Crippen LogP contribution is -2.30. The van der Waals surface area contributed by atoms with Gasteiger partial charge in [0.15, 0.2) is 18.5 Å². The van der Waals surface area contributed by atoms with E-state index in [0.29, 0.717) is 5.70 Å². The maximum atomic E-state index is 9.44. The molecule has 3 heteroatoms. The van der Waals surface area contributed by atoms with Crippen molar-refractivity contribution in [2.24, 2.45) is 0 Å². The molecule has 0 N–H and O–H groups in total. The molecule has 1 aliphatic heterocycles. The smallest absolute Gasteiger partial charge is 0.288 e. The number of para-hydroxylation sites is 1. The largest absolute Gasteiger partial charge is 0.347 e. The first-order chi connectivity index (χ1) is 11.1. The van der Waals surface area contributed by atoms with Gasteiger partial charge in [0.25, 0.3) is 5.70 Å². The van der Waals surface area contributed by atoms with Gasteiger partial charge in [-0.05, 0) is 17.7 Å². The van der Waals surface area contributed by atoms with Crippen LogP contribution >= 0.6 is 0 Å². The first kappa shape index (κ1) is 15.1. The fourth-order valence-electron chi connectivity index (χ4n) is 3.20. The van der Waals surface area contributed by atoms with Crippen molar-refractivity contribution in [3.63, 3.8) is 0 Å². The van der Waals surface area contributed by atoms with Crippen LogP contribution in [0.4, 0.5) is 5.69 Å². The SMILES string of the molecule is CN1C(=CC=C(C#N)[n+]2ccccc2)C(C)(C)c2ccccc21. The van der Waals surface area contributed by atoms with E-state index < -0.39 is 0 Å². The molecule has 2 heterocycles. The van der Waals surface area contributed by atoms with Crippen LogP contribution in [-0.4, -0.2) is 7.05 Å². The average molecular weight is 302 g/mol. The molecular formula is C20H20N3+. The van der Waals surface area contributed by atoms with E-state index in [4.69, 9.17) is 0 Å². The van der Waals surface area contributed by atoms with E-state index in [0.717, 1.165) is 0 Å². The molecule has 0 fully saturated rings. The highest BCUT2D eigenvalue weighted by Gasteiger charge is 2.37. The van der Waals surface area contributed by atoms with Crippen LogP contribution in [0.2, 0.25) is 0 Å². The van der Waals surface area contributed by atoms with Crippen LogP contribution in [0, 0.1) is 11.3 Å². The lowest BCUT2D eigenvalue weighted by atomic mass is 9.84. The number of nitrogens with zero attached hydrogens (tertiary/aromatic N) is 3. The van der Waals surface area contributed by atoms with E-state index in [1.165, 1.54) is 16.9 Å². The number of rotatable bonds is 2. The molecule has 0 atom stereocenters. The van der Waals surface area contributed by atoms with Gasteiger partial charge in [-0.1, -0.05) is 38.1 Å². The Morgan fingerprint density at radius 2 is 1.83 bits per heavy atom. The molecule has 0 radical (unpaired) electrons. The van der Waals surface area contributed by atoms with E-state index in [-0.39, 0.29) is 5.41 Å². The van der Waals surface area contributed by atoms with Gasteiger partial charge in [0.1, 0.15) is 0 Å². The van der Waals surface area contributed by atoms with Crippen molar-refractivity contribution in [2.45, 2.75) is 19.3 Å². The third kappa shape index (κ3) is 2.53. The standard InChI is InChI=1S/C20H20N3/c1-20(2)17-9-5-6-10-18(17)22(3)19(20)12-11-16(15-21)23-13-7-4-8-14-23/h4-14H,1-3H3/q+1. The quantitative estimate of drug-likeness (QED) is 0.626. The first-order valence-electron chi connectivity index (χ1n) is 7.68. The molecule has 0 aliphatic carbocycles. The Kier molecular flexibility index (Phi) is 3.75. The Balaban J connectivity index is 2.04. The van der Waals surface area contributed by atoms with E-state index in [2.05, 4.69) is 62.2 Å². The van der Waals surface area contributed by atoms with Crippen LogP contribution < -0.4 is 9.47 Å². The van der Waals surface area contributed by atoms with E-state index >= 15 is 0 Å². The van der Waals surface area contributed by atoms with Crippen LogP contribution in [0.3, 0.4) is 0 Å². The Morgan fingerprint density at radius 1 is 1.13 bits per heavy atom. The summed E-state index contributed by atoms with van der Waals surface area (Å²) in [7, 11) is 2.08. The molecule has 3 rings (SSSR count). The van der Waals surface area contributed by atoms with Gasteiger partial charge < -0.3 is 4.90 Å². The van der Waals surface area contributed by atoms with Crippen molar-refractivity contribution in [3.8, 4) is 6.07 Å². The minimum absolute atomic E-state index is 0.0796. The summed E-state index contributed by atoms with van der Waals surface area (Å²) in [6.45, 7) is 4.44. The minimum atomic E-state index is -0.0796. The number of anilines is 1. The number of allylic oxidation sites excluding steroid dienone is 4. The van der Waals surface area contributed by atoms with Crippen LogP contribution in [0.25, 0.3) is 5.70 Å². The summed E-state index contributed by atoms with van der Waals surface area (Å²) < 4.78 is 1.83. The molecule has 0 saturated heterocycles. The Hall–Kier alpha value is -2.86. The summed E-state index contributed by atoms with van der Waals surface area (Å²) in [5.74, 6) is 0. The molecule has 0 amide bonds. The summed E-state index contributed by atoms with van der Waals surface area (Å²) >= 11 is 0. The third-order valence-corrected chi connectivity index (χ3v) is 4.45. The number of hydrogen-bond donors (Lipinski definition) is 0. The molecule has 114 valence electrons. The number of aromatic nitrogens is 1.